The van der Waals surface area contributed by atoms with E-state index in [1.807, 2.05) is 60.4 Å². The summed E-state index contributed by atoms with van der Waals surface area (Å²) in [6.07, 6.45) is 4.44. The number of amides is 2. The second kappa shape index (κ2) is 18.0. The van der Waals surface area contributed by atoms with Crippen LogP contribution in [0, 0.1) is 17.6 Å². The van der Waals surface area contributed by atoms with Gasteiger partial charge in [-0.25, -0.2) is 18.7 Å². The zero-order valence-electron chi connectivity index (χ0n) is 34.0. The predicted molar refractivity (Wildman–Crippen MR) is 226 cm³/mol. The van der Waals surface area contributed by atoms with E-state index in [2.05, 4.69) is 31.6 Å². The van der Waals surface area contributed by atoms with E-state index in [1.165, 1.54) is 18.5 Å². The quantitative estimate of drug-likeness (QED) is 0.187. The topological polar surface area (TPSA) is 96.4 Å². The number of carbonyl (C=O) groups excluding carboxylic acids is 2. The van der Waals surface area contributed by atoms with E-state index in [0.29, 0.717) is 81.8 Å². The van der Waals surface area contributed by atoms with Gasteiger partial charge in [0.25, 0.3) is 5.91 Å². The monoisotopic (exact) mass is 825 g/mol. The molecule has 1 aromatic heterocycles. The Morgan fingerprint density at radius 1 is 0.831 bits per heavy atom. The number of piperazine rings is 2. The first kappa shape index (κ1) is 41.3. The van der Waals surface area contributed by atoms with Gasteiger partial charge in [-0.05, 0) is 97.1 Å². The summed E-state index contributed by atoms with van der Waals surface area (Å²) in [5.74, 6) is -0.930. The molecule has 0 radical (unpaired) electrons. The lowest BCUT2D eigenvalue weighted by Crippen LogP contribution is -2.52. The molecule has 3 aromatic carbocycles. The summed E-state index contributed by atoms with van der Waals surface area (Å²) >= 11 is 6.27. The number of aliphatic hydroxyl groups is 1. The van der Waals surface area contributed by atoms with Crippen molar-refractivity contribution < 1.29 is 23.5 Å². The number of carbonyl (C=O) groups is 2. The van der Waals surface area contributed by atoms with Gasteiger partial charge < -0.3 is 24.7 Å². The molecule has 1 unspecified atom stereocenters. The van der Waals surface area contributed by atoms with Crippen LogP contribution in [0.3, 0.4) is 0 Å². The summed E-state index contributed by atoms with van der Waals surface area (Å²) < 4.78 is 30.6. The number of aromatic nitrogens is 2. The number of anilines is 1. The summed E-state index contributed by atoms with van der Waals surface area (Å²) in [4.78, 5) is 47.2. The molecule has 4 aliphatic rings. The Bertz CT molecular complexity index is 2110. The Labute approximate surface area is 350 Å². The third-order valence-corrected chi connectivity index (χ3v) is 13.2. The molecule has 13 heteroatoms. The largest absolute Gasteiger partial charge is 0.387 e. The van der Waals surface area contributed by atoms with E-state index in [9.17, 15) is 14.7 Å². The summed E-state index contributed by atoms with van der Waals surface area (Å²) in [6.45, 7) is 12.1. The molecule has 0 bridgehead atoms. The van der Waals surface area contributed by atoms with Crippen LogP contribution in [-0.4, -0.2) is 125 Å². The molecule has 0 spiro atoms. The minimum absolute atomic E-state index is 0.121. The number of nitrogens with zero attached hydrogens (tertiary/aromatic N) is 7. The number of fused-ring (bicyclic) bond motifs is 1. The van der Waals surface area contributed by atoms with Crippen molar-refractivity contribution in [3.05, 3.63) is 112 Å². The van der Waals surface area contributed by atoms with Gasteiger partial charge in [0.05, 0.1) is 17.7 Å². The number of rotatable bonds is 10. The smallest absolute Gasteiger partial charge is 0.259 e. The maximum atomic E-state index is 15.3. The van der Waals surface area contributed by atoms with Crippen molar-refractivity contribution in [1.82, 2.24) is 29.6 Å². The first-order valence-corrected chi connectivity index (χ1v) is 21.6. The Balaban J connectivity index is 0.832. The van der Waals surface area contributed by atoms with Crippen LogP contribution in [0.1, 0.15) is 83.8 Å². The van der Waals surface area contributed by atoms with Crippen LogP contribution in [0.5, 0.6) is 0 Å². The average molecular weight is 826 g/mol. The molecule has 3 atom stereocenters. The normalized spacial score (nSPS) is 21.2. The van der Waals surface area contributed by atoms with Crippen molar-refractivity contribution in [2.24, 2.45) is 5.92 Å². The Hall–Kier alpha value is -4.49. The molecule has 3 fully saturated rings. The fraction of sp³-hybridized carbons (Fsp3) is 0.478. The third kappa shape index (κ3) is 9.01. The molecule has 3 aliphatic heterocycles. The fourth-order valence-corrected chi connectivity index (χ4v) is 9.64. The fourth-order valence-electron chi connectivity index (χ4n) is 9.52. The van der Waals surface area contributed by atoms with E-state index >= 15 is 8.78 Å². The van der Waals surface area contributed by atoms with Crippen LogP contribution in [0.4, 0.5) is 14.6 Å². The highest BCUT2D eigenvalue weighted by molar-refractivity contribution is 6.30. The Kier molecular flexibility index (Phi) is 12.6. The molecule has 4 heterocycles. The highest BCUT2D eigenvalue weighted by atomic mass is 35.5. The average Bonchev–Trinajstić information content (AvgIpc) is 3.56. The summed E-state index contributed by atoms with van der Waals surface area (Å²) in [6, 6.07) is 17.8. The molecule has 312 valence electrons. The molecule has 3 saturated heterocycles. The van der Waals surface area contributed by atoms with E-state index < -0.39 is 29.2 Å². The summed E-state index contributed by atoms with van der Waals surface area (Å²) in [7, 11) is 0. The lowest BCUT2D eigenvalue weighted by Gasteiger charge is -2.40. The van der Waals surface area contributed by atoms with Crippen molar-refractivity contribution in [3.63, 3.8) is 0 Å². The van der Waals surface area contributed by atoms with Gasteiger partial charge in [-0.2, -0.15) is 0 Å². The van der Waals surface area contributed by atoms with E-state index in [0.717, 1.165) is 72.7 Å². The SMILES string of the molecule is CCc1cccc(-c2cc(F)c(C(=O)N3CCN(CC4CCN(CC(C(=O)N5CCN(c6ncnc7c6[C@H](C)C[C@H]7O)CC5)c5ccc(Cl)cc5)CC4)CC3)c(F)c2)c1. The molecule has 4 aromatic rings. The van der Waals surface area contributed by atoms with Gasteiger partial charge in [0.1, 0.15) is 29.3 Å². The number of hydrogen-bond donors (Lipinski definition) is 1. The number of hydrogen-bond acceptors (Lipinski definition) is 8. The predicted octanol–water partition coefficient (Wildman–Crippen LogP) is 6.78. The van der Waals surface area contributed by atoms with Crippen LogP contribution in [0.15, 0.2) is 67.0 Å². The van der Waals surface area contributed by atoms with Crippen molar-refractivity contribution >= 4 is 29.2 Å². The minimum atomic E-state index is -0.832. The third-order valence-electron chi connectivity index (χ3n) is 13.0. The number of halogens is 3. The zero-order valence-corrected chi connectivity index (χ0v) is 34.8. The summed E-state index contributed by atoms with van der Waals surface area (Å²) in [5.41, 5.74) is 4.45. The highest BCUT2D eigenvalue weighted by Gasteiger charge is 2.36. The van der Waals surface area contributed by atoms with Crippen LogP contribution < -0.4 is 4.90 Å². The first-order valence-electron chi connectivity index (χ1n) is 21.2. The van der Waals surface area contributed by atoms with Gasteiger partial charge in [-0.15, -0.1) is 0 Å². The molecule has 2 amide bonds. The molecule has 8 rings (SSSR count). The van der Waals surface area contributed by atoms with E-state index in [4.69, 9.17) is 11.6 Å². The van der Waals surface area contributed by atoms with Crippen molar-refractivity contribution in [3.8, 4) is 11.1 Å². The van der Waals surface area contributed by atoms with Crippen LogP contribution >= 0.6 is 11.6 Å². The standard InChI is InChI=1S/C46H54ClF2N7O3/c1-3-31-5-4-6-34(24-31)35-25-38(48)42(39(49)26-35)46(59)56-17-15-53(16-18-56)27-32-11-13-52(14-12-32)28-37(33-7-9-36(47)10-8-33)45(58)55-21-19-54(20-22-55)44-41-30(2)23-40(57)43(41)50-29-51-44/h4-10,24-26,29-30,32,37,40,57H,3,11-23,27-28H2,1-2H3/t30-,37?,40-/m1/s1. The first-order chi connectivity index (χ1) is 28.6. The molecule has 59 heavy (non-hydrogen) atoms. The lowest BCUT2D eigenvalue weighted by atomic mass is 9.92. The van der Waals surface area contributed by atoms with Crippen molar-refractivity contribution in [2.75, 3.05) is 83.4 Å². The number of aliphatic hydroxyl groups excluding tert-OH is 1. The second-order valence-electron chi connectivity index (χ2n) is 16.8. The van der Waals surface area contributed by atoms with Crippen LogP contribution in [0.2, 0.25) is 5.02 Å². The number of aryl methyl sites for hydroxylation is 1. The molecular weight excluding hydrogens is 772 g/mol. The maximum absolute atomic E-state index is 15.3. The molecule has 10 nitrogen and oxygen atoms in total. The van der Waals surface area contributed by atoms with Crippen molar-refractivity contribution in [2.45, 2.75) is 57.5 Å². The number of piperidine rings is 1. The van der Waals surface area contributed by atoms with Crippen LogP contribution in [0.25, 0.3) is 11.1 Å². The lowest BCUT2D eigenvalue weighted by molar-refractivity contribution is -0.133. The molecule has 1 N–H and O–H groups in total. The number of benzene rings is 3. The highest BCUT2D eigenvalue weighted by Crippen LogP contribution is 2.43. The van der Waals surface area contributed by atoms with Gasteiger partial charge in [0.2, 0.25) is 5.91 Å². The number of likely N-dealkylation sites (tertiary alicyclic amines) is 1. The van der Waals surface area contributed by atoms with Gasteiger partial charge >= 0.3 is 0 Å². The second-order valence-corrected chi connectivity index (χ2v) is 17.2. The Morgan fingerprint density at radius 3 is 2.19 bits per heavy atom. The van der Waals surface area contributed by atoms with Crippen molar-refractivity contribution in [1.29, 1.82) is 0 Å². The molecular formula is C46H54ClF2N7O3. The zero-order chi connectivity index (χ0) is 41.2. The molecule has 1 aliphatic carbocycles. The van der Waals surface area contributed by atoms with Crippen LogP contribution in [-0.2, 0) is 11.2 Å². The van der Waals surface area contributed by atoms with E-state index in [-0.39, 0.29) is 17.7 Å². The van der Waals surface area contributed by atoms with Gasteiger partial charge in [0.15, 0.2) is 0 Å². The molecule has 0 saturated carbocycles. The summed E-state index contributed by atoms with van der Waals surface area (Å²) in [5, 5.41) is 11.1. The van der Waals surface area contributed by atoms with Gasteiger partial charge in [0, 0.05) is 76.0 Å². The minimum Gasteiger partial charge on any atom is -0.387 e. The van der Waals surface area contributed by atoms with Gasteiger partial charge in [-0.3, -0.25) is 14.5 Å². The maximum Gasteiger partial charge on any atom is 0.259 e. The Morgan fingerprint density at radius 2 is 1.51 bits per heavy atom. The van der Waals surface area contributed by atoms with E-state index in [1.54, 1.807) is 4.90 Å². The van der Waals surface area contributed by atoms with Gasteiger partial charge in [-0.1, -0.05) is 61.8 Å².